The number of ether oxygens (including phenoxy) is 1. The first-order chi connectivity index (χ1) is 7.47. The normalized spacial score (nSPS) is 28.3. The summed E-state index contributed by atoms with van der Waals surface area (Å²) < 4.78 is 5.61. The Morgan fingerprint density at radius 3 is 2.50 bits per heavy atom. The highest BCUT2D eigenvalue weighted by Gasteiger charge is 2.33. The van der Waals surface area contributed by atoms with Crippen LogP contribution in [0.4, 0.5) is 0 Å². The second kappa shape index (κ2) is 5.48. The minimum Gasteiger partial charge on any atom is -0.377 e. The summed E-state index contributed by atoms with van der Waals surface area (Å²) in [5, 5.41) is 0. The number of rotatable bonds is 5. The van der Waals surface area contributed by atoms with E-state index in [1.165, 1.54) is 6.42 Å². The van der Waals surface area contributed by atoms with E-state index >= 15 is 0 Å². The van der Waals surface area contributed by atoms with E-state index in [1.807, 2.05) is 7.11 Å². The second-order valence-electron chi connectivity index (χ2n) is 5.54. The van der Waals surface area contributed by atoms with Gasteiger partial charge in [0.2, 0.25) is 0 Å². The maximum atomic E-state index is 6.37. The van der Waals surface area contributed by atoms with E-state index in [4.69, 9.17) is 10.5 Å². The number of hydrogen-bond acceptors (Lipinski definition) is 3. The summed E-state index contributed by atoms with van der Waals surface area (Å²) in [4.78, 5) is 2.47. The van der Waals surface area contributed by atoms with Gasteiger partial charge in [0.25, 0.3) is 0 Å². The number of nitrogens with two attached hydrogens (primary N) is 1. The highest BCUT2D eigenvalue weighted by Crippen LogP contribution is 2.25. The maximum absolute atomic E-state index is 6.37. The molecule has 0 aromatic carbocycles. The molecule has 0 saturated carbocycles. The molecule has 16 heavy (non-hydrogen) atoms. The lowest BCUT2D eigenvalue weighted by atomic mass is 9.89. The van der Waals surface area contributed by atoms with Crippen LogP contribution in [0.15, 0.2) is 0 Å². The Bertz CT molecular complexity index is 216. The van der Waals surface area contributed by atoms with Crippen molar-refractivity contribution in [1.29, 1.82) is 0 Å². The Morgan fingerprint density at radius 2 is 2.00 bits per heavy atom. The molecule has 1 unspecified atom stereocenters. The number of likely N-dealkylation sites (tertiary alicyclic amines) is 1. The van der Waals surface area contributed by atoms with E-state index < -0.39 is 0 Å². The average Bonchev–Trinajstić information content (AvgIpc) is 2.29. The van der Waals surface area contributed by atoms with E-state index in [1.54, 1.807) is 0 Å². The minimum absolute atomic E-state index is 0.0218. The summed E-state index contributed by atoms with van der Waals surface area (Å²) in [6.45, 7) is 9.75. The van der Waals surface area contributed by atoms with Gasteiger partial charge in [0, 0.05) is 25.7 Å². The fourth-order valence-corrected chi connectivity index (χ4v) is 2.53. The summed E-state index contributed by atoms with van der Waals surface area (Å²) in [6.07, 6.45) is 4.47. The van der Waals surface area contributed by atoms with Crippen LogP contribution in [-0.2, 0) is 4.74 Å². The Balaban J connectivity index is 2.55. The lowest BCUT2D eigenvalue weighted by molar-refractivity contribution is -0.0551. The smallest absolute Gasteiger partial charge is 0.0777 e. The van der Waals surface area contributed by atoms with Crippen molar-refractivity contribution in [2.24, 2.45) is 5.73 Å². The van der Waals surface area contributed by atoms with Crippen molar-refractivity contribution in [3.63, 3.8) is 0 Å². The SMILES string of the molecule is CCC(N)(CC)CN1CCCC(C)(OC)C1. The third-order valence-corrected chi connectivity index (χ3v) is 4.18. The van der Waals surface area contributed by atoms with E-state index in [-0.39, 0.29) is 11.1 Å². The molecule has 2 N–H and O–H groups in total. The molecule has 1 aliphatic heterocycles. The summed E-state index contributed by atoms with van der Waals surface area (Å²) in [7, 11) is 1.82. The van der Waals surface area contributed by atoms with Gasteiger partial charge in [0.05, 0.1) is 5.60 Å². The summed E-state index contributed by atoms with van der Waals surface area (Å²) in [6, 6.07) is 0. The van der Waals surface area contributed by atoms with E-state index in [0.717, 1.165) is 38.9 Å². The van der Waals surface area contributed by atoms with Gasteiger partial charge in [-0.3, -0.25) is 4.90 Å². The van der Waals surface area contributed by atoms with Gasteiger partial charge >= 0.3 is 0 Å². The molecule has 1 atom stereocenters. The van der Waals surface area contributed by atoms with Gasteiger partial charge in [0.15, 0.2) is 0 Å². The molecule has 0 radical (unpaired) electrons. The molecule has 0 bridgehead atoms. The van der Waals surface area contributed by atoms with Crippen LogP contribution in [0.1, 0.15) is 46.5 Å². The van der Waals surface area contributed by atoms with Crippen LogP contribution in [0.3, 0.4) is 0 Å². The highest BCUT2D eigenvalue weighted by molar-refractivity contribution is 4.90. The molecule has 0 aliphatic carbocycles. The highest BCUT2D eigenvalue weighted by atomic mass is 16.5. The van der Waals surface area contributed by atoms with Crippen LogP contribution in [0, 0.1) is 0 Å². The molecule has 1 fully saturated rings. The molecular formula is C13H28N2O. The number of nitrogens with zero attached hydrogens (tertiary/aromatic N) is 1. The number of hydrogen-bond donors (Lipinski definition) is 1. The predicted octanol–water partition coefficient (Wildman–Crippen LogP) is 2.00. The summed E-state index contributed by atoms with van der Waals surface area (Å²) in [5.74, 6) is 0. The van der Waals surface area contributed by atoms with Crippen molar-refractivity contribution >= 4 is 0 Å². The van der Waals surface area contributed by atoms with Crippen LogP contribution < -0.4 is 5.73 Å². The first-order valence-corrected chi connectivity index (χ1v) is 6.53. The first kappa shape index (κ1) is 13.9. The minimum atomic E-state index is -0.0218. The summed E-state index contributed by atoms with van der Waals surface area (Å²) in [5.41, 5.74) is 6.38. The monoisotopic (exact) mass is 228 g/mol. The van der Waals surface area contributed by atoms with Gasteiger partial charge in [-0.05, 0) is 39.2 Å². The molecule has 0 spiro atoms. The first-order valence-electron chi connectivity index (χ1n) is 6.53. The Labute approximate surface area is 100 Å². The van der Waals surface area contributed by atoms with Gasteiger partial charge in [-0.25, -0.2) is 0 Å². The van der Waals surface area contributed by atoms with Crippen molar-refractivity contribution in [2.75, 3.05) is 26.7 Å². The zero-order valence-electron chi connectivity index (χ0n) is 11.4. The van der Waals surface area contributed by atoms with Crippen LogP contribution in [-0.4, -0.2) is 42.8 Å². The molecule has 3 heteroatoms. The third kappa shape index (κ3) is 3.44. The van der Waals surface area contributed by atoms with E-state index in [0.29, 0.717) is 0 Å². The van der Waals surface area contributed by atoms with Gasteiger partial charge < -0.3 is 10.5 Å². The van der Waals surface area contributed by atoms with Gasteiger partial charge in [-0.1, -0.05) is 13.8 Å². The maximum Gasteiger partial charge on any atom is 0.0777 e. The van der Waals surface area contributed by atoms with Gasteiger partial charge in [-0.15, -0.1) is 0 Å². The largest absolute Gasteiger partial charge is 0.377 e. The van der Waals surface area contributed by atoms with E-state index in [2.05, 4.69) is 25.7 Å². The lowest BCUT2D eigenvalue weighted by Crippen LogP contribution is -2.55. The molecular weight excluding hydrogens is 200 g/mol. The molecule has 1 aliphatic rings. The van der Waals surface area contributed by atoms with Crippen molar-refractivity contribution < 1.29 is 4.74 Å². The lowest BCUT2D eigenvalue weighted by Gasteiger charge is -2.43. The van der Waals surface area contributed by atoms with Crippen molar-refractivity contribution in [3.05, 3.63) is 0 Å². The molecule has 3 nitrogen and oxygen atoms in total. The second-order valence-corrected chi connectivity index (χ2v) is 5.54. The molecule has 0 amide bonds. The third-order valence-electron chi connectivity index (χ3n) is 4.18. The predicted molar refractivity (Wildman–Crippen MR) is 68.6 cm³/mol. The fraction of sp³-hybridized carbons (Fsp3) is 1.00. The van der Waals surface area contributed by atoms with Crippen LogP contribution in [0.2, 0.25) is 0 Å². The quantitative estimate of drug-likeness (QED) is 0.782. The van der Waals surface area contributed by atoms with Crippen molar-refractivity contribution in [3.8, 4) is 0 Å². The molecule has 96 valence electrons. The zero-order valence-corrected chi connectivity index (χ0v) is 11.4. The standard InChI is InChI=1S/C13H28N2O/c1-5-13(14,6-2)11-15-9-7-8-12(3,10-15)16-4/h5-11,14H2,1-4H3. The Hall–Kier alpha value is -0.120. The molecule has 1 saturated heterocycles. The Kier molecular flexibility index (Phi) is 4.77. The van der Waals surface area contributed by atoms with Crippen molar-refractivity contribution in [2.45, 2.75) is 57.6 Å². The molecule has 0 aromatic rings. The number of methoxy groups -OCH3 is 1. The average molecular weight is 228 g/mol. The number of piperidine rings is 1. The Morgan fingerprint density at radius 1 is 1.38 bits per heavy atom. The van der Waals surface area contributed by atoms with E-state index in [9.17, 15) is 0 Å². The van der Waals surface area contributed by atoms with Crippen LogP contribution in [0.25, 0.3) is 0 Å². The fourth-order valence-electron chi connectivity index (χ4n) is 2.53. The molecule has 1 rings (SSSR count). The zero-order chi connectivity index (χ0) is 12.2. The topological polar surface area (TPSA) is 38.5 Å². The van der Waals surface area contributed by atoms with Crippen LogP contribution >= 0.6 is 0 Å². The summed E-state index contributed by atoms with van der Waals surface area (Å²) >= 11 is 0. The van der Waals surface area contributed by atoms with Crippen LogP contribution in [0.5, 0.6) is 0 Å². The van der Waals surface area contributed by atoms with Gasteiger partial charge in [-0.2, -0.15) is 0 Å². The molecule has 0 aromatic heterocycles. The van der Waals surface area contributed by atoms with Crippen molar-refractivity contribution in [1.82, 2.24) is 4.90 Å². The van der Waals surface area contributed by atoms with Gasteiger partial charge in [0.1, 0.15) is 0 Å². The molecule has 1 heterocycles.